The molecule has 3 rings (SSSR count). The fourth-order valence-electron chi connectivity index (χ4n) is 2.86. The van der Waals surface area contributed by atoms with Crippen LogP contribution in [0.15, 0.2) is 52.3 Å². The number of likely N-dealkylation sites (N-methyl/N-ethyl adjacent to an activating group) is 1. The van der Waals surface area contributed by atoms with Crippen LogP contribution in [-0.2, 0) is 4.79 Å². The van der Waals surface area contributed by atoms with Gasteiger partial charge in [0.15, 0.2) is 0 Å². The summed E-state index contributed by atoms with van der Waals surface area (Å²) in [5, 5.41) is 3.57. The Morgan fingerprint density at radius 1 is 1.25 bits per heavy atom. The van der Waals surface area contributed by atoms with Gasteiger partial charge in [-0.3, -0.25) is 9.59 Å². The lowest BCUT2D eigenvalue weighted by Crippen LogP contribution is -2.31. The summed E-state index contributed by atoms with van der Waals surface area (Å²) in [6.45, 7) is 4.89. The maximum absolute atomic E-state index is 12.8. The predicted octanol–water partition coefficient (Wildman–Crippen LogP) is 5.23. The molecule has 1 aliphatic heterocycles. The lowest BCUT2D eigenvalue weighted by atomic mass is 10.1. The van der Waals surface area contributed by atoms with E-state index in [1.165, 1.54) is 11.8 Å². The Morgan fingerprint density at radius 2 is 2.04 bits per heavy atom. The van der Waals surface area contributed by atoms with Crippen LogP contribution in [0.4, 0.5) is 5.69 Å². The first-order valence-electron chi connectivity index (χ1n) is 9.20. The van der Waals surface area contributed by atoms with Crippen LogP contribution in [0.2, 0.25) is 5.02 Å². The van der Waals surface area contributed by atoms with Crippen molar-refractivity contribution in [2.24, 2.45) is 5.92 Å². The molecule has 0 atom stereocenters. The molecule has 0 bridgehead atoms. The molecule has 1 aliphatic rings. The quantitative estimate of drug-likeness (QED) is 0.682. The van der Waals surface area contributed by atoms with E-state index >= 15 is 0 Å². The van der Waals surface area contributed by atoms with Gasteiger partial charge in [0.05, 0.1) is 10.6 Å². The molecule has 0 spiro atoms. The smallest absolute Gasteiger partial charge is 0.264 e. The molecule has 146 valence electrons. The highest BCUT2D eigenvalue weighted by Gasteiger charge is 2.27. The number of hydrogen-bond acceptors (Lipinski definition) is 3. The van der Waals surface area contributed by atoms with E-state index in [2.05, 4.69) is 19.2 Å². The summed E-state index contributed by atoms with van der Waals surface area (Å²) in [5.41, 5.74) is 2.18. The lowest BCUT2D eigenvalue weighted by Gasteiger charge is -2.27. The van der Waals surface area contributed by atoms with Crippen molar-refractivity contribution in [3.8, 4) is 0 Å². The molecule has 0 radical (unpaired) electrons. The summed E-state index contributed by atoms with van der Waals surface area (Å²) in [6.07, 6.45) is 2.77. The largest absolute Gasteiger partial charge is 0.352 e. The van der Waals surface area contributed by atoms with Crippen molar-refractivity contribution in [2.45, 2.75) is 25.2 Å². The number of rotatable bonds is 5. The summed E-state index contributed by atoms with van der Waals surface area (Å²) in [4.78, 5) is 28.3. The lowest BCUT2D eigenvalue weighted by molar-refractivity contribution is -0.114. The summed E-state index contributed by atoms with van der Waals surface area (Å²) in [5.74, 6) is 0.318. The molecule has 1 N–H and O–H groups in total. The first kappa shape index (κ1) is 20.5. The van der Waals surface area contributed by atoms with Gasteiger partial charge in [-0.15, -0.1) is 0 Å². The number of anilines is 1. The number of amides is 2. The van der Waals surface area contributed by atoms with Gasteiger partial charge in [-0.25, -0.2) is 0 Å². The van der Waals surface area contributed by atoms with E-state index in [1.54, 1.807) is 30.1 Å². The van der Waals surface area contributed by atoms with Gasteiger partial charge >= 0.3 is 0 Å². The van der Waals surface area contributed by atoms with Gasteiger partial charge in [-0.2, -0.15) is 0 Å². The minimum atomic E-state index is -0.116. The third kappa shape index (κ3) is 4.78. The van der Waals surface area contributed by atoms with E-state index < -0.39 is 0 Å². The standard InChI is InChI=1S/C22H23ClN2O2S/c1-14(2)9-10-24-21(26)16-7-8-19-18(13-16)25(3)22(27)20(28-19)12-15-5-4-6-17(23)11-15/h4-8,11-14H,9-10H2,1-3H3,(H,24,26)/b20-12-. The number of halogens is 1. The second kappa shape index (κ2) is 8.84. The second-order valence-corrected chi connectivity index (χ2v) is 8.67. The number of hydrogen-bond donors (Lipinski definition) is 1. The van der Waals surface area contributed by atoms with Crippen LogP contribution < -0.4 is 10.2 Å². The van der Waals surface area contributed by atoms with E-state index in [9.17, 15) is 9.59 Å². The zero-order chi connectivity index (χ0) is 20.3. The molecular weight excluding hydrogens is 392 g/mol. The molecule has 0 saturated carbocycles. The van der Waals surface area contributed by atoms with Crippen molar-refractivity contribution in [2.75, 3.05) is 18.5 Å². The summed E-state index contributed by atoms with van der Waals surface area (Å²) >= 11 is 7.45. The van der Waals surface area contributed by atoms with Crippen molar-refractivity contribution in [1.29, 1.82) is 0 Å². The van der Waals surface area contributed by atoms with Crippen LogP contribution >= 0.6 is 23.4 Å². The van der Waals surface area contributed by atoms with E-state index in [0.29, 0.717) is 28.0 Å². The maximum atomic E-state index is 12.8. The number of thioether (sulfide) groups is 1. The van der Waals surface area contributed by atoms with Gasteiger partial charge in [0.2, 0.25) is 0 Å². The molecule has 0 unspecified atom stereocenters. The van der Waals surface area contributed by atoms with Crippen LogP contribution in [0.25, 0.3) is 6.08 Å². The Labute approximate surface area is 175 Å². The molecule has 4 nitrogen and oxygen atoms in total. The summed E-state index contributed by atoms with van der Waals surface area (Å²) in [6, 6.07) is 12.9. The minimum Gasteiger partial charge on any atom is -0.352 e. The number of fused-ring (bicyclic) bond motifs is 1. The molecule has 0 saturated heterocycles. The molecule has 6 heteroatoms. The van der Waals surface area contributed by atoms with Crippen LogP contribution in [0.5, 0.6) is 0 Å². The van der Waals surface area contributed by atoms with Crippen LogP contribution in [-0.4, -0.2) is 25.4 Å². The number of carbonyl (C=O) groups excluding carboxylic acids is 2. The molecule has 0 aromatic heterocycles. The average Bonchev–Trinajstić information content (AvgIpc) is 2.65. The molecular formula is C22H23ClN2O2S. The Kier molecular flexibility index (Phi) is 6.47. The fraction of sp³-hybridized carbons (Fsp3) is 0.273. The monoisotopic (exact) mass is 414 g/mol. The first-order valence-corrected chi connectivity index (χ1v) is 10.4. The number of benzene rings is 2. The van der Waals surface area contributed by atoms with Gasteiger partial charge in [0.1, 0.15) is 0 Å². The van der Waals surface area contributed by atoms with Crippen molar-refractivity contribution in [1.82, 2.24) is 5.32 Å². The van der Waals surface area contributed by atoms with Gasteiger partial charge in [0.25, 0.3) is 11.8 Å². The minimum absolute atomic E-state index is 0.102. The van der Waals surface area contributed by atoms with Gasteiger partial charge < -0.3 is 10.2 Å². The van der Waals surface area contributed by atoms with Gasteiger partial charge in [-0.1, -0.05) is 49.3 Å². The molecule has 0 aliphatic carbocycles. The highest BCUT2D eigenvalue weighted by molar-refractivity contribution is 8.04. The van der Waals surface area contributed by atoms with Gasteiger partial charge in [-0.05, 0) is 54.3 Å². The first-order chi connectivity index (χ1) is 13.3. The Morgan fingerprint density at radius 3 is 2.75 bits per heavy atom. The predicted molar refractivity (Wildman–Crippen MR) is 117 cm³/mol. The highest BCUT2D eigenvalue weighted by atomic mass is 35.5. The van der Waals surface area contributed by atoms with Crippen molar-refractivity contribution >= 4 is 46.9 Å². The third-order valence-corrected chi connectivity index (χ3v) is 5.78. The SMILES string of the molecule is CC(C)CCNC(=O)c1ccc2c(c1)N(C)C(=O)/C(=C/c1cccc(Cl)c1)S2. The number of carbonyl (C=O) groups is 2. The molecule has 0 fully saturated rings. The molecule has 28 heavy (non-hydrogen) atoms. The molecule has 2 amide bonds. The van der Waals surface area contributed by atoms with Crippen molar-refractivity contribution in [3.05, 3.63) is 63.5 Å². The highest BCUT2D eigenvalue weighted by Crippen LogP contribution is 2.42. The number of nitrogens with zero attached hydrogens (tertiary/aromatic N) is 1. The van der Waals surface area contributed by atoms with Crippen molar-refractivity contribution < 1.29 is 9.59 Å². The van der Waals surface area contributed by atoms with E-state index in [0.717, 1.165) is 22.6 Å². The summed E-state index contributed by atoms with van der Waals surface area (Å²) < 4.78 is 0. The zero-order valence-corrected chi connectivity index (χ0v) is 17.7. The van der Waals surface area contributed by atoms with E-state index in [1.807, 2.05) is 30.3 Å². The Hall–Kier alpha value is -2.24. The van der Waals surface area contributed by atoms with Gasteiger partial charge in [0, 0.05) is 29.1 Å². The normalized spacial score (nSPS) is 15.1. The molecule has 2 aromatic carbocycles. The van der Waals surface area contributed by atoms with E-state index in [-0.39, 0.29) is 11.8 Å². The summed E-state index contributed by atoms with van der Waals surface area (Å²) in [7, 11) is 1.73. The maximum Gasteiger partial charge on any atom is 0.264 e. The second-order valence-electron chi connectivity index (χ2n) is 7.15. The zero-order valence-electron chi connectivity index (χ0n) is 16.2. The topological polar surface area (TPSA) is 49.4 Å². The average molecular weight is 415 g/mol. The fourth-order valence-corrected chi connectivity index (χ4v) is 4.15. The third-order valence-electron chi connectivity index (χ3n) is 4.47. The Balaban J connectivity index is 1.82. The van der Waals surface area contributed by atoms with E-state index in [4.69, 9.17) is 11.6 Å². The Bertz CT molecular complexity index is 940. The van der Waals surface area contributed by atoms with Crippen LogP contribution in [0.3, 0.4) is 0 Å². The molecule has 2 aromatic rings. The van der Waals surface area contributed by atoms with Crippen LogP contribution in [0.1, 0.15) is 36.2 Å². The van der Waals surface area contributed by atoms with Crippen LogP contribution in [0, 0.1) is 5.92 Å². The van der Waals surface area contributed by atoms with Crippen molar-refractivity contribution in [3.63, 3.8) is 0 Å². The molecule has 1 heterocycles. The number of nitrogens with one attached hydrogen (secondary N) is 1.